The van der Waals surface area contributed by atoms with Crippen molar-refractivity contribution < 1.29 is 0 Å². The topological polar surface area (TPSA) is 29.3 Å². The van der Waals surface area contributed by atoms with Gasteiger partial charge in [-0.05, 0) is 49.9 Å². The fraction of sp³-hybridized carbons (Fsp3) is 0.684. The Morgan fingerprint density at radius 2 is 1.52 bits per heavy atom. The zero-order valence-corrected chi connectivity index (χ0v) is 14.9. The van der Waals surface area contributed by atoms with E-state index < -0.39 is 0 Å². The molecule has 0 bridgehead atoms. The lowest BCUT2D eigenvalue weighted by Gasteiger charge is -2.34. The van der Waals surface area contributed by atoms with Crippen LogP contribution in [-0.2, 0) is 0 Å². The fourth-order valence-electron chi connectivity index (χ4n) is 3.52. The van der Waals surface area contributed by atoms with Crippen molar-refractivity contribution in [3.05, 3.63) is 34.4 Å². The summed E-state index contributed by atoms with van der Waals surface area (Å²) in [5.74, 6) is 0.769. The van der Waals surface area contributed by atoms with Crippen LogP contribution in [0.25, 0.3) is 0 Å². The van der Waals surface area contributed by atoms with E-state index in [0.29, 0.717) is 12.6 Å². The first kappa shape index (κ1) is 18.2. The van der Waals surface area contributed by atoms with Gasteiger partial charge in [-0.25, -0.2) is 0 Å². The molecule has 0 aromatic heterocycles. The number of aryl methyl sites for hydroxylation is 3. The molecular formula is C19H34N2. The van der Waals surface area contributed by atoms with Gasteiger partial charge >= 0.3 is 0 Å². The van der Waals surface area contributed by atoms with Gasteiger partial charge in [0.2, 0.25) is 0 Å². The molecule has 120 valence electrons. The molecule has 1 rings (SSSR count). The van der Waals surface area contributed by atoms with Gasteiger partial charge in [0.15, 0.2) is 0 Å². The Bertz CT molecular complexity index is 412. The summed E-state index contributed by atoms with van der Waals surface area (Å²) < 4.78 is 0. The number of rotatable bonds is 8. The molecular weight excluding hydrogens is 256 g/mol. The number of likely N-dealkylation sites (N-methyl/N-ethyl adjacent to an activating group) is 1. The number of nitrogens with zero attached hydrogens (tertiary/aromatic N) is 1. The Balaban J connectivity index is 3.10. The molecule has 1 unspecified atom stereocenters. The Labute approximate surface area is 131 Å². The summed E-state index contributed by atoms with van der Waals surface area (Å²) in [5, 5.41) is 0. The lowest BCUT2D eigenvalue weighted by atomic mass is 9.92. The van der Waals surface area contributed by atoms with Crippen LogP contribution in [0.15, 0.2) is 12.1 Å². The summed E-state index contributed by atoms with van der Waals surface area (Å²) >= 11 is 0. The molecule has 0 saturated carbocycles. The van der Waals surface area contributed by atoms with Crippen molar-refractivity contribution in [2.24, 2.45) is 11.7 Å². The van der Waals surface area contributed by atoms with E-state index in [-0.39, 0.29) is 0 Å². The molecule has 0 aliphatic carbocycles. The quantitative estimate of drug-likeness (QED) is 0.770. The average molecular weight is 290 g/mol. The molecule has 0 spiro atoms. The van der Waals surface area contributed by atoms with Gasteiger partial charge in [0.05, 0.1) is 0 Å². The van der Waals surface area contributed by atoms with E-state index in [1.807, 2.05) is 0 Å². The van der Waals surface area contributed by atoms with Crippen molar-refractivity contribution in [1.82, 2.24) is 4.90 Å². The second kappa shape index (κ2) is 8.55. The SMILES string of the molecule is CCC(CC)CN(CC)C(CN)c1c(C)cc(C)cc1C. The van der Waals surface area contributed by atoms with E-state index in [1.54, 1.807) is 0 Å². The van der Waals surface area contributed by atoms with Crippen LogP contribution < -0.4 is 5.73 Å². The molecule has 0 aliphatic rings. The van der Waals surface area contributed by atoms with Crippen LogP contribution in [0.5, 0.6) is 0 Å². The third-order valence-corrected chi connectivity index (χ3v) is 4.79. The van der Waals surface area contributed by atoms with Crippen LogP contribution >= 0.6 is 0 Å². The third-order valence-electron chi connectivity index (χ3n) is 4.79. The standard InChI is InChI=1S/C19H34N2/c1-7-17(8-2)13-21(9-3)18(12-20)19-15(5)10-14(4)11-16(19)6/h10-11,17-18H,7-9,12-13,20H2,1-6H3. The lowest BCUT2D eigenvalue weighted by molar-refractivity contribution is 0.173. The number of hydrogen-bond donors (Lipinski definition) is 1. The maximum atomic E-state index is 6.17. The van der Waals surface area contributed by atoms with Gasteiger partial charge < -0.3 is 5.73 Å². The van der Waals surface area contributed by atoms with E-state index in [4.69, 9.17) is 5.73 Å². The number of nitrogens with two attached hydrogens (primary N) is 1. The van der Waals surface area contributed by atoms with Crippen LogP contribution in [0.2, 0.25) is 0 Å². The van der Waals surface area contributed by atoms with Gasteiger partial charge in [-0.15, -0.1) is 0 Å². The van der Waals surface area contributed by atoms with Gasteiger partial charge in [-0.2, -0.15) is 0 Å². The van der Waals surface area contributed by atoms with E-state index >= 15 is 0 Å². The molecule has 0 amide bonds. The second-order valence-electron chi connectivity index (χ2n) is 6.33. The molecule has 2 N–H and O–H groups in total. The zero-order chi connectivity index (χ0) is 16.0. The average Bonchev–Trinajstić information content (AvgIpc) is 2.45. The van der Waals surface area contributed by atoms with E-state index in [1.165, 1.54) is 35.1 Å². The van der Waals surface area contributed by atoms with Crippen LogP contribution in [0.4, 0.5) is 0 Å². The van der Waals surface area contributed by atoms with Crippen LogP contribution in [-0.4, -0.2) is 24.5 Å². The fourth-order valence-corrected chi connectivity index (χ4v) is 3.52. The van der Waals surface area contributed by atoms with Crippen LogP contribution in [0, 0.1) is 26.7 Å². The summed E-state index contributed by atoms with van der Waals surface area (Å²) in [6.45, 7) is 16.4. The molecule has 21 heavy (non-hydrogen) atoms. The molecule has 2 nitrogen and oxygen atoms in total. The van der Waals surface area contributed by atoms with E-state index in [2.05, 4.69) is 58.6 Å². The third kappa shape index (κ3) is 4.55. The second-order valence-corrected chi connectivity index (χ2v) is 6.33. The molecule has 0 saturated heterocycles. The molecule has 2 heteroatoms. The Kier molecular flexibility index (Phi) is 7.41. The highest BCUT2D eigenvalue weighted by atomic mass is 15.2. The minimum absolute atomic E-state index is 0.344. The largest absolute Gasteiger partial charge is 0.329 e. The summed E-state index contributed by atoms with van der Waals surface area (Å²) in [5.41, 5.74) is 11.7. The number of benzene rings is 1. The molecule has 1 atom stereocenters. The van der Waals surface area contributed by atoms with Gasteiger partial charge in [0, 0.05) is 19.1 Å². The minimum atomic E-state index is 0.344. The smallest absolute Gasteiger partial charge is 0.0475 e. The summed E-state index contributed by atoms with van der Waals surface area (Å²) in [7, 11) is 0. The maximum absolute atomic E-state index is 6.17. The van der Waals surface area contributed by atoms with Crippen molar-refractivity contribution in [3.8, 4) is 0 Å². The van der Waals surface area contributed by atoms with Crippen molar-refractivity contribution in [2.75, 3.05) is 19.6 Å². The highest BCUT2D eigenvalue weighted by molar-refractivity contribution is 5.40. The molecule has 0 heterocycles. The van der Waals surface area contributed by atoms with Crippen molar-refractivity contribution >= 4 is 0 Å². The lowest BCUT2D eigenvalue weighted by Crippen LogP contribution is -2.37. The molecule has 1 aromatic rings. The molecule has 1 aromatic carbocycles. The van der Waals surface area contributed by atoms with Crippen molar-refractivity contribution in [3.63, 3.8) is 0 Å². The summed E-state index contributed by atoms with van der Waals surface area (Å²) in [6.07, 6.45) is 2.49. The molecule has 0 fully saturated rings. The van der Waals surface area contributed by atoms with Gasteiger partial charge in [-0.1, -0.05) is 51.3 Å². The monoisotopic (exact) mass is 290 g/mol. The maximum Gasteiger partial charge on any atom is 0.0475 e. The highest BCUT2D eigenvalue weighted by Crippen LogP contribution is 2.28. The Morgan fingerprint density at radius 3 is 1.90 bits per heavy atom. The first-order valence-corrected chi connectivity index (χ1v) is 8.50. The normalized spacial score (nSPS) is 13.2. The Hall–Kier alpha value is -0.860. The van der Waals surface area contributed by atoms with Crippen LogP contribution in [0.3, 0.4) is 0 Å². The van der Waals surface area contributed by atoms with Crippen LogP contribution in [0.1, 0.15) is 61.9 Å². The summed E-state index contributed by atoms with van der Waals surface area (Å²) in [6, 6.07) is 4.92. The molecule has 0 aliphatic heterocycles. The van der Waals surface area contributed by atoms with Crippen molar-refractivity contribution in [1.29, 1.82) is 0 Å². The first-order valence-electron chi connectivity index (χ1n) is 8.50. The number of hydrogen-bond acceptors (Lipinski definition) is 2. The summed E-state index contributed by atoms with van der Waals surface area (Å²) in [4.78, 5) is 2.57. The predicted molar refractivity (Wildman–Crippen MR) is 93.8 cm³/mol. The highest BCUT2D eigenvalue weighted by Gasteiger charge is 2.23. The Morgan fingerprint density at radius 1 is 1.00 bits per heavy atom. The van der Waals surface area contributed by atoms with Gasteiger partial charge in [0.25, 0.3) is 0 Å². The predicted octanol–water partition coefficient (Wildman–Crippen LogP) is 4.37. The van der Waals surface area contributed by atoms with Crippen molar-refractivity contribution in [2.45, 2.75) is 60.4 Å². The van der Waals surface area contributed by atoms with Gasteiger partial charge in [-0.3, -0.25) is 4.90 Å². The molecule has 0 radical (unpaired) electrons. The van der Waals surface area contributed by atoms with Gasteiger partial charge in [0.1, 0.15) is 0 Å². The zero-order valence-electron chi connectivity index (χ0n) is 14.9. The minimum Gasteiger partial charge on any atom is -0.329 e. The van der Waals surface area contributed by atoms with E-state index in [0.717, 1.165) is 19.0 Å². The van der Waals surface area contributed by atoms with E-state index in [9.17, 15) is 0 Å². The first-order chi connectivity index (χ1) is 9.98.